The number of imidazole rings is 1. The van der Waals surface area contributed by atoms with E-state index in [1.165, 1.54) is 19.2 Å². The summed E-state index contributed by atoms with van der Waals surface area (Å²) in [5.74, 6) is 4.25. The number of carbonyl (C=O) groups excluding carboxylic acids is 2. The lowest BCUT2D eigenvalue weighted by Crippen LogP contribution is -2.24. The van der Waals surface area contributed by atoms with Crippen LogP contribution in [0.2, 0.25) is 0 Å². The fraction of sp³-hybridized carbons (Fsp3) is 0.227. The van der Waals surface area contributed by atoms with Crippen molar-refractivity contribution in [2.75, 3.05) is 13.0 Å². The number of aromatic nitrogens is 2. The van der Waals surface area contributed by atoms with Gasteiger partial charge in [-0.1, -0.05) is 24.3 Å². The highest BCUT2D eigenvalue weighted by atomic mass is 19.1. The van der Waals surface area contributed by atoms with Crippen molar-refractivity contribution in [3.63, 3.8) is 0 Å². The average Bonchev–Trinajstić information content (AvgIpc) is 3.39. The summed E-state index contributed by atoms with van der Waals surface area (Å²) in [6, 6.07) is 10.5. The first-order chi connectivity index (χ1) is 15.3. The Balaban J connectivity index is 1.51. The molecule has 0 radical (unpaired) electrons. The van der Waals surface area contributed by atoms with Crippen LogP contribution in [0.5, 0.6) is 5.75 Å². The molecule has 10 heteroatoms. The maximum absolute atomic E-state index is 13.5. The van der Waals surface area contributed by atoms with Crippen LogP contribution < -0.4 is 21.6 Å². The molecule has 1 aliphatic carbocycles. The van der Waals surface area contributed by atoms with Gasteiger partial charge in [-0.2, -0.15) is 0 Å². The number of hydrogen-bond donors (Lipinski definition) is 3. The van der Waals surface area contributed by atoms with Gasteiger partial charge in [0, 0.05) is 12.1 Å². The van der Waals surface area contributed by atoms with Crippen molar-refractivity contribution < 1.29 is 23.1 Å². The van der Waals surface area contributed by atoms with Crippen LogP contribution in [0.3, 0.4) is 0 Å². The normalized spacial score (nSPS) is 17.1. The molecule has 2 aromatic carbocycles. The van der Waals surface area contributed by atoms with Crippen molar-refractivity contribution in [3.05, 3.63) is 70.9 Å². The van der Waals surface area contributed by atoms with Gasteiger partial charge in [0.2, 0.25) is 0 Å². The SMILES string of the molecule is COc1ccc(F)cc1C(=O)NCc1ccc(-c2nc([C@@H]3C[C@@H]3F)n(N)c2C(N)=O)cc1. The van der Waals surface area contributed by atoms with Crippen LogP contribution in [0.25, 0.3) is 11.3 Å². The van der Waals surface area contributed by atoms with Gasteiger partial charge >= 0.3 is 0 Å². The van der Waals surface area contributed by atoms with Crippen LogP contribution in [0.4, 0.5) is 8.78 Å². The molecule has 0 bridgehead atoms. The van der Waals surface area contributed by atoms with Gasteiger partial charge in [0.05, 0.1) is 18.6 Å². The van der Waals surface area contributed by atoms with Crippen LogP contribution in [-0.4, -0.2) is 34.8 Å². The highest BCUT2D eigenvalue weighted by Crippen LogP contribution is 2.43. The second-order valence-corrected chi connectivity index (χ2v) is 7.48. The summed E-state index contributed by atoms with van der Waals surface area (Å²) in [6.45, 7) is 0.170. The number of nitrogens with zero attached hydrogens (tertiary/aromatic N) is 2. The lowest BCUT2D eigenvalue weighted by Gasteiger charge is -2.10. The van der Waals surface area contributed by atoms with E-state index in [1.54, 1.807) is 24.3 Å². The topological polar surface area (TPSA) is 125 Å². The summed E-state index contributed by atoms with van der Waals surface area (Å²) >= 11 is 0. The summed E-state index contributed by atoms with van der Waals surface area (Å²) < 4.78 is 33.2. The van der Waals surface area contributed by atoms with E-state index in [0.29, 0.717) is 12.0 Å². The third-order valence-electron chi connectivity index (χ3n) is 5.30. The van der Waals surface area contributed by atoms with Crippen molar-refractivity contribution in [2.24, 2.45) is 5.73 Å². The molecule has 1 aromatic heterocycles. The van der Waals surface area contributed by atoms with Crippen molar-refractivity contribution in [3.8, 4) is 17.0 Å². The number of methoxy groups -OCH3 is 1. The second kappa shape index (κ2) is 8.29. The zero-order chi connectivity index (χ0) is 23.0. The summed E-state index contributed by atoms with van der Waals surface area (Å²) in [5.41, 5.74) is 7.14. The standard InChI is InChI=1S/C22H21F2N5O3/c1-32-17-7-6-13(23)8-15(17)22(31)27-10-11-2-4-12(5-3-11)18-19(20(25)30)29(26)21(28-18)14-9-16(14)24/h2-8,14,16H,9-10,26H2,1H3,(H2,25,30)(H,27,31)/t14-,16+/m1/s1. The van der Waals surface area contributed by atoms with Gasteiger partial charge in [-0.05, 0) is 30.2 Å². The smallest absolute Gasteiger partial charge is 0.269 e. The lowest BCUT2D eigenvalue weighted by atomic mass is 10.1. The van der Waals surface area contributed by atoms with Crippen LogP contribution in [0.1, 0.15) is 44.6 Å². The van der Waals surface area contributed by atoms with E-state index in [-0.39, 0.29) is 35.1 Å². The monoisotopic (exact) mass is 441 g/mol. The molecule has 1 aliphatic rings. The Bertz CT molecular complexity index is 1190. The van der Waals surface area contributed by atoms with Gasteiger partial charge in [0.15, 0.2) is 5.69 Å². The number of nitrogen functional groups attached to an aromatic ring is 1. The number of benzene rings is 2. The molecule has 4 rings (SSSR count). The van der Waals surface area contributed by atoms with E-state index < -0.39 is 29.7 Å². The molecule has 8 nitrogen and oxygen atoms in total. The maximum Gasteiger partial charge on any atom is 0.269 e. The second-order valence-electron chi connectivity index (χ2n) is 7.48. The Hall–Kier alpha value is -3.95. The number of nitrogens with one attached hydrogen (secondary N) is 1. The number of ether oxygens (including phenoxy) is 1. The molecule has 0 saturated heterocycles. The maximum atomic E-state index is 13.5. The Morgan fingerprint density at radius 2 is 1.94 bits per heavy atom. The average molecular weight is 441 g/mol. The molecule has 0 aliphatic heterocycles. The number of alkyl halides is 1. The van der Waals surface area contributed by atoms with E-state index >= 15 is 0 Å². The van der Waals surface area contributed by atoms with Crippen LogP contribution >= 0.6 is 0 Å². The highest BCUT2D eigenvalue weighted by Gasteiger charge is 2.43. The van der Waals surface area contributed by atoms with Gasteiger partial charge in [0.1, 0.15) is 29.3 Å². The summed E-state index contributed by atoms with van der Waals surface area (Å²) in [6.07, 6.45) is -0.725. The molecule has 5 N–H and O–H groups in total. The molecule has 1 heterocycles. The number of amides is 2. The van der Waals surface area contributed by atoms with Gasteiger partial charge in [-0.25, -0.2) is 18.4 Å². The molecule has 0 spiro atoms. The molecule has 166 valence electrons. The van der Waals surface area contributed by atoms with E-state index in [9.17, 15) is 18.4 Å². The Labute approximate surface area is 182 Å². The number of carbonyl (C=O) groups is 2. The largest absolute Gasteiger partial charge is 0.496 e. The molecule has 1 fully saturated rings. The van der Waals surface area contributed by atoms with E-state index in [4.69, 9.17) is 16.3 Å². The van der Waals surface area contributed by atoms with Crippen LogP contribution in [0, 0.1) is 5.82 Å². The first kappa shape index (κ1) is 21.3. The van der Waals surface area contributed by atoms with Crippen molar-refractivity contribution >= 4 is 11.8 Å². The molecule has 32 heavy (non-hydrogen) atoms. The van der Waals surface area contributed by atoms with Crippen molar-refractivity contribution in [1.29, 1.82) is 0 Å². The molecular formula is C22H21F2N5O3. The summed E-state index contributed by atoms with van der Waals surface area (Å²) in [5, 5.41) is 2.71. The highest BCUT2D eigenvalue weighted by molar-refractivity contribution is 5.98. The van der Waals surface area contributed by atoms with Gasteiger partial charge in [-0.3, -0.25) is 9.59 Å². The van der Waals surface area contributed by atoms with E-state index in [0.717, 1.165) is 16.3 Å². The van der Waals surface area contributed by atoms with E-state index in [2.05, 4.69) is 10.3 Å². The number of halogens is 2. The third kappa shape index (κ3) is 3.98. The number of hydrogen-bond acceptors (Lipinski definition) is 5. The predicted octanol–water partition coefficient (Wildman–Crippen LogP) is 2.27. The quantitative estimate of drug-likeness (QED) is 0.485. The predicted molar refractivity (Wildman–Crippen MR) is 113 cm³/mol. The third-order valence-corrected chi connectivity index (χ3v) is 5.30. The lowest BCUT2D eigenvalue weighted by molar-refractivity contribution is 0.0946. The van der Waals surface area contributed by atoms with Gasteiger partial charge in [-0.15, -0.1) is 0 Å². The Kier molecular flexibility index (Phi) is 5.52. The van der Waals surface area contributed by atoms with Gasteiger partial charge < -0.3 is 21.6 Å². The zero-order valence-electron chi connectivity index (χ0n) is 17.1. The molecule has 3 aromatic rings. The molecule has 1 saturated carbocycles. The van der Waals surface area contributed by atoms with Crippen molar-refractivity contribution in [2.45, 2.75) is 25.1 Å². The number of rotatable bonds is 7. The van der Waals surface area contributed by atoms with Crippen molar-refractivity contribution in [1.82, 2.24) is 15.0 Å². The molecule has 0 unspecified atom stereocenters. The number of primary amides is 1. The minimum atomic E-state index is -1.03. The fourth-order valence-corrected chi connectivity index (χ4v) is 3.50. The minimum Gasteiger partial charge on any atom is -0.496 e. The van der Waals surface area contributed by atoms with Crippen LogP contribution in [-0.2, 0) is 6.54 Å². The summed E-state index contributed by atoms with van der Waals surface area (Å²) in [4.78, 5) is 28.7. The number of nitrogens with two attached hydrogens (primary N) is 2. The Morgan fingerprint density at radius 3 is 2.53 bits per heavy atom. The Morgan fingerprint density at radius 1 is 1.25 bits per heavy atom. The molecular weight excluding hydrogens is 420 g/mol. The summed E-state index contributed by atoms with van der Waals surface area (Å²) in [7, 11) is 1.40. The van der Waals surface area contributed by atoms with E-state index in [1.807, 2.05) is 0 Å². The zero-order valence-corrected chi connectivity index (χ0v) is 17.1. The first-order valence-electron chi connectivity index (χ1n) is 9.82. The minimum absolute atomic E-state index is 0.00153. The fourth-order valence-electron chi connectivity index (χ4n) is 3.50. The molecule has 2 amide bonds. The first-order valence-corrected chi connectivity index (χ1v) is 9.82. The van der Waals surface area contributed by atoms with Gasteiger partial charge in [0.25, 0.3) is 11.8 Å². The molecule has 2 atom stereocenters. The van der Waals surface area contributed by atoms with Crippen LogP contribution in [0.15, 0.2) is 42.5 Å².